The number of aromatic nitrogens is 4. The summed E-state index contributed by atoms with van der Waals surface area (Å²) in [6, 6.07) is 61.9. The highest BCUT2D eigenvalue weighted by atomic mass is 32.1. The van der Waals surface area contributed by atoms with Gasteiger partial charge >= 0.3 is 0 Å². The molecule has 0 bridgehead atoms. The lowest BCUT2D eigenvalue weighted by atomic mass is 10.00. The minimum Gasteiger partial charge on any atom is -0.279 e. The number of imidazole rings is 1. The van der Waals surface area contributed by atoms with Gasteiger partial charge in [-0.2, -0.15) is 0 Å². The maximum absolute atomic E-state index is 5.50. The van der Waals surface area contributed by atoms with Crippen LogP contribution < -0.4 is 0 Å². The van der Waals surface area contributed by atoms with Gasteiger partial charge in [0.15, 0.2) is 0 Å². The Hall–Kier alpha value is -6.86. The van der Waals surface area contributed by atoms with E-state index in [-0.39, 0.29) is 0 Å². The zero-order valence-electron chi connectivity index (χ0n) is 29.8. The molecule has 13 aromatic rings. The van der Waals surface area contributed by atoms with Gasteiger partial charge in [-0.25, -0.2) is 9.97 Å². The molecule has 4 nitrogen and oxygen atoms in total. The van der Waals surface area contributed by atoms with Gasteiger partial charge < -0.3 is 0 Å². The van der Waals surface area contributed by atoms with Crippen molar-refractivity contribution in [1.29, 1.82) is 0 Å². The first-order valence-electron chi connectivity index (χ1n) is 18.8. The summed E-state index contributed by atoms with van der Waals surface area (Å²) in [5.41, 5.74) is 10.7. The first-order valence-corrected chi connectivity index (χ1v) is 20.4. The quantitative estimate of drug-likeness (QED) is 0.180. The molecule has 0 aliphatic rings. The van der Waals surface area contributed by atoms with E-state index in [1.54, 1.807) is 0 Å². The Morgan fingerprint density at radius 3 is 1.45 bits per heavy atom. The van der Waals surface area contributed by atoms with Gasteiger partial charge in [0.1, 0.15) is 5.65 Å². The predicted octanol–water partition coefficient (Wildman–Crippen LogP) is 14.2. The summed E-state index contributed by atoms with van der Waals surface area (Å²) >= 11 is 3.71. The summed E-state index contributed by atoms with van der Waals surface area (Å²) in [7, 11) is 0. The van der Waals surface area contributed by atoms with Crippen molar-refractivity contribution < 1.29 is 0 Å². The number of hydrogen-bond acceptors (Lipinski definition) is 4. The minimum atomic E-state index is 0.820. The van der Waals surface area contributed by atoms with Gasteiger partial charge in [0.25, 0.3) is 0 Å². The average molecular weight is 749 g/mol. The molecule has 8 aromatic carbocycles. The highest BCUT2D eigenvalue weighted by molar-refractivity contribution is 7.26. The Labute approximate surface area is 327 Å². The van der Waals surface area contributed by atoms with Crippen molar-refractivity contribution in [2.24, 2.45) is 0 Å². The van der Waals surface area contributed by atoms with E-state index >= 15 is 0 Å². The van der Waals surface area contributed by atoms with Crippen LogP contribution in [-0.4, -0.2) is 18.9 Å². The molecule has 0 saturated heterocycles. The van der Waals surface area contributed by atoms with E-state index in [1.807, 2.05) is 22.7 Å². The fourth-order valence-electron chi connectivity index (χ4n) is 8.88. The van der Waals surface area contributed by atoms with Crippen LogP contribution in [-0.2, 0) is 0 Å². The lowest BCUT2D eigenvalue weighted by Crippen LogP contribution is -2.06. The number of fused-ring (bicyclic) bond motifs is 14. The van der Waals surface area contributed by atoms with Crippen molar-refractivity contribution in [3.05, 3.63) is 170 Å². The maximum atomic E-state index is 5.50. The first-order chi connectivity index (χ1) is 27.7. The Bertz CT molecular complexity index is 3610. The standard InChI is InChI=1S/C50H28N4S2/c1-4-12-40-37(11-1)49-51-41-13-5-6-14-42(41)54(49)50(52-40)53-43-27-31(29-19-23-47-38(25-29)35-9-2-7-15-45(35)55-47)17-21-33(43)34-22-18-32(28-44(34)53)30-20-24-48-39(26-30)36-10-3-8-16-46(36)56-48/h1-28H. The third kappa shape index (κ3) is 4.28. The number of thiophene rings is 2. The number of hydrogen-bond donors (Lipinski definition) is 0. The summed E-state index contributed by atoms with van der Waals surface area (Å²) in [6.07, 6.45) is 0. The molecule has 0 aliphatic heterocycles. The second-order valence-electron chi connectivity index (χ2n) is 14.6. The Kier molecular flexibility index (Phi) is 6.17. The average Bonchev–Trinajstić information content (AvgIpc) is 4.01. The second-order valence-corrected chi connectivity index (χ2v) is 16.8. The summed E-state index contributed by atoms with van der Waals surface area (Å²) in [4.78, 5) is 10.7. The molecule has 5 heterocycles. The van der Waals surface area contributed by atoms with E-state index in [9.17, 15) is 0 Å². The van der Waals surface area contributed by atoms with Gasteiger partial charge in [-0.05, 0) is 95.1 Å². The fraction of sp³-hybridized carbons (Fsp3) is 0. The van der Waals surface area contributed by atoms with Crippen LogP contribution in [0.5, 0.6) is 0 Å². The van der Waals surface area contributed by atoms with Gasteiger partial charge in [0.05, 0.1) is 27.6 Å². The van der Waals surface area contributed by atoms with E-state index < -0.39 is 0 Å². The highest BCUT2D eigenvalue weighted by Gasteiger charge is 2.21. The number of rotatable bonds is 3. The lowest BCUT2D eigenvalue weighted by Gasteiger charge is -2.13. The molecule has 0 saturated carbocycles. The maximum Gasteiger partial charge on any atom is 0.221 e. The normalized spacial score (nSPS) is 12.3. The van der Waals surface area contributed by atoms with Crippen molar-refractivity contribution >= 4 is 112 Å². The summed E-state index contributed by atoms with van der Waals surface area (Å²) in [5.74, 6) is 0.820. The van der Waals surface area contributed by atoms with Crippen LogP contribution in [0.15, 0.2) is 170 Å². The molecule has 13 rings (SSSR count). The second kappa shape index (κ2) is 11.3. The topological polar surface area (TPSA) is 35.1 Å². The van der Waals surface area contributed by atoms with E-state index in [0.29, 0.717) is 0 Å². The largest absolute Gasteiger partial charge is 0.279 e. The third-order valence-corrected chi connectivity index (χ3v) is 13.8. The van der Waals surface area contributed by atoms with Crippen molar-refractivity contribution in [3.8, 4) is 28.2 Å². The van der Waals surface area contributed by atoms with Gasteiger partial charge in [-0.1, -0.05) is 97.1 Å². The molecule has 5 aromatic heterocycles. The lowest BCUT2D eigenvalue weighted by molar-refractivity contribution is 0.979. The number of nitrogens with zero attached hydrogens (tertiary/aromatic N) is 4. The fourth-order valence-corrected chi connectivity index (χ4v) is 11.1. The van der Waals surface area contributed by atoms with Crippen LogP contribution in [0.3, 0.4) is 0 Å². The molecular formula is C50H28N4S2. The van der Waals surface area contributed by atoms with E-state index in [4.69, 9.17) is 9.97 Å². The predicted molar refractivity (Wildman–Crippen MR) is 239 cm³/mol. The van der Waals surface area contributed by atoms with Crippen molar-refractivity contribution in [2.75, 3.05) is 0 Å². The summed E-state index contributed by atoms with van der Waals surface area (Å²) in [5, 5.41) is 8.61. The molecule has 0 spiro atoms. The molecule has 6 heteroatoms. The molecule has 0 N–H and O–H groups in total. The zero-order chi connectivity index (χ0) is 36.5. The van der Waals surface area contributed by atoms with Crippen LogP contribution in [0.4, 0.5) is 0 Å². The molecule has 56 heavy (non-hydrogen) atoms. The van der Waals surface area contributed by atoms with Crippen LogP contribution in [0.25, 0.3) is 118 Å². The Morgan fingerprint density at radius 1 is 0.339 bits per heavy atom. The van der Waals surface area contributed by atoms with Crippen LogP contribution in [0.2, 0.25) is 0 Å². The monoisotopic (exact) mass is 748 g/mol. The van der Waals surface area contributed by atoms with E-state index in [2.05, 4.69) is 179 Å². The molecular weight excluding hydrogens is 721 g/mol. The molecule has 260 valence electrons. The molecule has 0 radical (unpaired) electrons. The molecule has 0 aliphatic carbocycles. The summed E-state index contributed by atoms with van der Waals surface area (Å²) < 4.78 is 9.88. The zero-order valence-corrected chi connectivity index (χ0v) is 31.4. The molecule has 0 unspecified atom stereocenters. The highest BCUT2D eigenvalue weighted by Crippen LogP contribution is 2.42. The first kappa shape index (κ1) is 30.5. The van der Waals surface area contributed by atoms with Crippen molar-refractivity contribution in [1.82, 2.24) is 18.9 Å². The minimum absolute atomic E-state index is 0.820. The number of benzene rings is 8. The van der Waals surface area contributed by atoms with Gasteiger partial charge in [-0.3, -0.25) is 8.97 Å². The third-order valence-electron chi connectivity index (χ3n) is 11.5. The number of para-hydroxylation sites is 3. The van der Waals surface area contributed by atoms with Crippen LogP contribution in [0.1, 0.15) is 0 Å². The Morgan fingerprint density at radius 2 is 0.821 bits per heavy atom. The van der Waals surface area contributed by atoms with Crippen LogP contribution >= 0.6 is 22.7 Å². The van der Waals surface area contributed by atoms with Gasteiger partial charge in [0, 0.05) is 56.5 Å². The van der Waals surface area contributed by atoms with Gasteiger partial charge in [0.2, 0.25) is 5.95 Å². The molecule has 0 amide bonds. The molecule has 0 atom stereocenters. The van der Waals surface area contributed by atoms with E-state index in [1.165, 1.54) is 73.4 Å². The molecule has 0 fully saturated rings. The smallest absolute Gasteiger partial charge is 0.221 e. The summed E-state index contributed by atoms with van der Waals surface area (Å²) in [6.45, 7) is 0. The van der Waals surface area contributed by atoms with Crippen LogP contribution in [0, 0.1) is 0 Å². The van der Waals surface area contributed by atoms with E-state index in [0.717, 1.165) is 44.6 Å². The van der Waals surface area contributed by atoms with Crippen molar-refractivity contribution in [3.63, 3.8) is 0 Å². The SMILES string of the molecule is c1ccc2c(c1)nc(-n1c3cc(-c4ccc5sc6ccccc6c5c4)ccc3c3ccc(-c4ccc5sc6ccccc6c5c4)cc31)n1c3ccccc3nc21. The van der Waals surface area contributed by atoms with Crippen molar-refractivity contribution in [2.45, 2.75) is 0 Å². The van der Waals surface area contributed by atoms with Gasteiger partial charge in [-0.15, -0.1) is 22.7 Å². The Balaban J connectivity index is 1.12.